The average Bonchev–Trinajstić information content (AvgIpc) is 0.823. The van der Waals surface area contributed by atoms with Crippen LogP contribution in [0, 0.1) is 0 Å². The number of carbonyl (C=O) groups is 2. The minimum Gasteiger partial charge on any atom is -0.454 e. The third-order valence-electron chi connectivity index (χ3n) is 18.2. The molecule has 1 amide bonds. The molecule has 1 aliphatic heterocycles. The van der Waals surface area contributed by atoms with Crippen molar-refractivity contribution in [2.75, 3.05) is 13.2 Å². The summed E-state index contributed by atoms with van der Waals surface area (Å²) in [4.78, 5) is 26.8. The van der Waals surface area contributed by atoms with Crippen LogP contribution in [0.25, 0.3) is 0 Å². The maximum atomic E-state index is 13.5. The Balaban J connectivity index is 2.53. The molecule has 95 heavy (non-hydrogen) atoms. The predicted octanol–water partition coefficient (Wildman–Crippen LogP) is 21.5. The summed E-state index contributed by atoms with van der Waals surface area (Å²) >= 11 is 0. The third kappa shape index (κ3) is 56.9. The number of carbonyl (C=O) groups excluding carboxylic acids is 2. The van der Waals surface area contributed by atoms with Crippen LogP contribution < -0.4 is 5.32 Å². The summed E-state index contributed by atoms with van der Waals surface area (Å²) in [6, 6.07) is -1.03. The Hall–Kier alpha value is -3.68. The van der Waals surface area contributed by atoms with Gasteiger partial charge < -0.3 is 45.1 Å². The first-order valence-corrected chi connectivity index (χ1v) is 39.7. The fourth-order valence-electron chi connectivity index (χ4n) is 12.0. The van der Waals surface area contributed by atoms with Gasteiger partial charge in [-0.15, -0.1) is 0 Å². The van der Waals surface area contributed by atoms with Gasteiger partial charge >= 0.3 is 5.97 Å². The number of unbranched alkanes of at least 4 members (excludes halogenated alkanes) is 38. The molecule has 0 radical (unpaired) electrons. The van der Waals surface area contributed by atoms with E-state index in [0.717, 1.165) is 116 Å². The van der Waals surface area contributed by atoms with Crippen molar-refractivity contribution in [2.24, 2.45) is 0 Å². The number of hydrogen-bond acceptors (Lipinski definition) is 10. The predicted molar refractivity (Wildman–Crippen MR) is 402 cm³/mol. The summed E-state index contributed by atoms with van der Waals surface area (Å²) < 4.78 is 17.8. The number of allylic oxidation sites excluding steroid dienone is 17. The summed E-state index contributed by atoms with van der Waals surface area (Å²) in [6.45, 7) is 5.70. The zero-order valence-corrected chi connectivity index (χ0v) is 61.3. The van der Waals surface area contributed by atoms with Crippen molar-refractivity contribution in [3.63, 3.8) is 0 Å². The van der Waals surface area contributed by atoms with E-state index in [1.807, 2.05) is 6.08 Å². The fourth-order valence-corrected chi connectivity index (χ4v) is 12.0. The number of aliphatic hydroxyl groups excluding tert-OH is 5. The molecule has 11 heteroatoms. The summed E-state index contributed by atoms with van der Waals surface area (Å²) in [5.74, 6) is -1.20. The van der Waals surface area contributed by atoms with Crippen LogP contribution in [0.15, 0.2) is 109 Å². The lowest BCUT2D eigenvalue weighted by molar-refractivity contribution is -0.305. The second kappa shape index (κ2) is 70.2. The molecule has 1 saturated heterocycles. The van der Waals surface area contributed by atoms with E-state index in [9.17, 15) is 35.1 Å². The molecule has 11 nitrogen and oxygen atoms in total. The van der Waals surface area contributed by atoms with E-state index in [1.165, 1.54) is 186 Å². The molecule has 548 valence electrons. The van der Waals surface area contributed by atoms with Crippen LogP contribution >= 0.6 is 0 Å². The van der Waals surface area contributed by atoms with Gasteiger partial charge in [0.2, 0.25) is 5.91 Å². The summed E-state index contributed by atoms with van der Waals surface area (Å²) in [7, 11) is 0. The molecule has 6 N–H and O–H groups in total. The number of esters is 1. The lowest BCUT2D eigenvalue weighted by Crippen LogP contribution is -2.61. The van der Waals surface area contributed by atoms with Gasteiger partial charge in [-0.1, -0.05) is 342 Å². The van der Waals surface area contributed by atoms with Gasteiger partial charge in [0.25, 0.3) is 0 Å². The number of ether oxygens (including phenoxy) is 3. The van der Waals surface area contributed by atoms with E-state index in [0.29, 0.717) is 12.8 Å². The van der Waals surface area contributed by atoms with Gasteiger partial charge in [0.15, 0.2) is 12.4 Å². The molecular formula is C84H147NO10. The first kappa shape index (κ1) is 89.3. The Bertz CT molecular complexity index is 1970. The Labute approximate surface area is 583 Å². The minimum absolute atomic E-state index is 0.109. The standard InChI is InChI=1S/C84H147NO10/c1-4-7-10-13-16-19-22-25-27-29-31-33-35-37-39-41-43-45-47-49-51-54-57-60-63-66-69-72-79(89)95-82-81(91)80(90)78(73-86)94-84(82)93-74-75(76(87)70-67-64-61-58-55-52-24-21-18-15-12-9-6-3)85-83(92)77(88)71-68-65-62-59-56-53-50-48-46-44-42-40-38-36-34-32-30-28-26-23-20-17-14-11-8-5-2/h7,10,16-17,19-20,25-28,31,33,37,39,43,45,67,70,75-78,80-82,84,86-88,90-91H,4-6,8-9,11-15,18,21-24,29-30,32,34-36,38,40-42,44,46-66,68-69,71-74H2,1-3H3,(H,85,92)/b10-7-,19-16-,20-17-,27-25-,28-26-,33-31-,39-37-,45-43-,70-67+. The van der Waals surface area contributed by atoms with Crippen LogP contribution in [0.3, 0.4) is 0 Å². The molecule has 0 spiro atoms. The van der Waals surface area contributed by atoms with Gasteiger partial charge in [0.1, 0.15) is 24.4 Å². The summed E-state index contributed by atoms with van der Waals surface area (Å²) in [5, 5.41) is 57.5. The number of hydrogen-bond donors (Lipinski definition) is 6. The molecule has 0 saturated carbocycles. The third-order valence-corrected chi connectivity index (χ3v) is 18.2. The molecule has 8 atom stereocenters. The van der Waals surface area contributed by atoms with Crippen LogP contribution in [0.2, 0.25) is 0 Å². The number of amides is 1. The molecule has 1 heterocycles. The van der Waals surface area contributed by atoms with Crippen molar-refractivity contribution in [3.8, 4) is 0 Å². The highest BCUT2D eigenvalue weighted by atomic mass is 16.7. The molecule has 1 aliphatic rings. The van der Waals surface area contributed by atoms with Gasteiger partial charge in [-0.2, -0.15) is 0 Å². The second-order valence-corrected chi connectivity index (χ2v) is 27.1. The Kier molecular flexibility index (Phi) is 66.0. The van der Waals surface area contributed by atoms with Crippen LogP contribution in [0.5, 0.6) is 0 Å². The van der Waals surface area contributed by atoms with Crippen LogP contribution in [-0.4, -0.2) is 99.6 Å². The Morgan fingerprint density at radius 1 is 0.421 bits per heavy atom. The maximum Gasteiger partial charge on any atom is 0.306 e. The van der Waals surface area contributed by atoms with Crippen molar-refractivity contribution in [1.82, 2.24) is 5.32 Å². The van der Waals surface area contributed by atoms with Crippen molar-refractivity contribution in [1.29, 1.82) is 0 Å². The molecular weight excluding hydrogens is 1180 g/mol. The van der Waals surface area contributed by atoms with Crippen molar-refractivity contribution in [3.05, 3.63) is 109 Å². The van der Waals surface area contributed by atoms with E-state index in [-0.39, 0.29) is 19.4 Å². The smallest absolute Gasteiger partial charge is 0.306 e. The average molecular weight is 1330 g/mol. The van der Waals surface area contributed by atoms with Gasteiger partial charge in [-0.05, 0) is 109 Å². The molecule has 0 aliphatic carbocycles. The topological polar surface area (TPSA) is 175 Å². The van der Waals surface area contributed by atoms with Crippen LogP contribution in [-0.2, 0) is 23.8 Å². The molecule has 8 unspecified atom stereocenters. The number of nitrogens with one attached hydrogen (secondary N) is 1. The van der Waals surface area contributed by atoms with E-state index in [1.54, 1.807) is 6.08 Å². The van der Waals surface area contributed by atoms with E-state index < -0.39 is 67.4 Å². The minimum atomic E-state index is -1.62. The monoisotopic (exact) mass is 1330 g/mol. The Morgan fingerprint density at radius 3 is 1.16 bits per heavy atom. The molecule has 0 aromatic rings. The Morgan fingerprint density at radius 2 is 0.758 bits per heavy atom. The van der Waals surface area contributed by atoms with E-state index in [4.69, 9.17) is 14.2 Å². The molecule has 1 fully saturated rings. The van der Waals surface area contributed by atoms with Crippen LogP contribution in [0.4, 0.5) is 0 Å². The first-order chi connectivity index (χ1) is 46.7. The summed E-state index contributed by atoms with van der Waals surface area (Å²) in [5.41, 5.74) is 0. The first-order valence-electron chi connectivity index (χ1n) is 39.7. The zero-order chi connectivity index (χ0) is 68.8. The van der Waals surface area contributed by atoms with Gasteiger partial charge in [0, 0.05) is 6.42 Å². The SMILES string of the molecule is CC/C=C\C/C=C\C/C=C\C/C=C\C/C=C\C/C=C\CCCCCCCCCCC(=O)OC1C(OCC(NC(=O)C(O)CCCCCCCCCCCCCCCCCC/C=C\C/C=C\CCCCC)C(O)/C=C/CCCCCCCCCCCCC)OC(CO)C(O)C1O. The zero-order valence-electron chi connectivity index (χ0n) is 61.3. The highest BCUT2D eigenvalue weighted by molar-refractivity contribution is 5.80. The van der Waals surface area contributed by atoms with E-state index in [2.05, 4.69) is 123 Å². The lowest BCUT2D eigenvalue weighted by Gasteiger charge is -2.41. The summed E-state index contributed by atoms with van der Waals surface area (Å²) in [6.07, 6.45) is 87.0. The highest BCUT2D eigenvalue weighted by Crippen LogP contribution is 2.26. The van der Waals surface area contributed by atoms with E-state index >= 15 is 0 Å². The van der Waals surface area contributed by atoms with Gasteiger partial charge in [-0.3, -0.25) is 9.59 Å². The van der Waals surface area contributed by atoms with Crippen molar-refractivity contribution >= 4 is 11.9 Å². The molecule has 0 bridgehead atoms. The maximum absolute atomic E-state index is 13.5. The normalized spacial score (nSPS) is 18.3. The highest BCUT2D eigenvalue weighted by Gasteiger charge is 2.47. The van der Waals surface area contributed by atoms with Crippen molar-refractivity contribution < 1.29 is 49.3 Å². The largest absolute Gasteiger partial charge is 0.454 e. The quantitative estimate of drug-likeness (QED) is 0.0195. The van der Waals surface area contributed by atoms with Crippen molar-refractivity contribution in [2.45, 2.75) is 397 Å². The molecule has 0 aromatic heterocycles. The lowest BCUT2D eigenvalue weighted by atomic mass is 9.99. The van der Waals surface area contributed by atoms with Gasteiger partial charge in [0.05, 0.1) is 25.4 Å². The second-order valence-electron chi connectivity index (χ2n) is 27.1. The van der Waals surface area contributed by atoms with Gasteiger partial charge in [-0.25, -0.2) is 0 Å². The fraction of sp³-hybridized carbons (Fsp3) is 0.762. The molecule has 1 rings (SSSR count). The molecule has 0 aromatic carbocycles. The number of rotatable bonds is 68. The number of aliphatic hydroxyl groups is 5. The van der Waals surface area contributed by atoms with Crippen LogP contribution in [0.1, 0.15) is 348 Å².